The summed E-state index contributed by atoms with van der Waals surface area (Å²) in [7, 11) is 0. The molecule has 0 radical (unpaired) electrons. The van der Waals surface area contributed by atoms with Gasteiger partial charge in [-0.3, -0.25) is 0 Å². The second-order valence-electron chi connectivity index (χ2n) is 7.43. The van der Waals surface area contributed by atoms with Gasteiger partial charge in [0.05, 0.1) is 0 Å². The van der Waals surface area contributed by atoms with E-state index in [2.05, 4.69) is 72.6 Å². The molecule has 3 aromatic rings. The standard InChI is InChI=1S/C23H26N4/c1-17(2)27(16-18-9-5-3-6-10-18)22-15-21(24-20-13-14-20)25-23(26-22)19-11-7-4-8-12-19/h3-12,15,17,20H,13-14,16H2,1-2H3,(H,24,25,26). The Morgan fingerprint density at radius 2 is 1.63 bits per heavy atom. The van der Waals surface area contributed by atoms with Crippen molar-refractivity contribution in [3.05, 3.63) is 72.3 Å². The van der Waals surface area contributed by atoms with Gasteiger partial charge >= 0.3 is 0 Å². The summed E-state index contributed by atoms with van der Waals surface area (Å²) in [5.74, 6) is 2.65. The van der Waals surface area contributed by atoms with Gasteiger partial charge in [0.1, 0.15) is 11.6 Å². The van der Waals surface area contributed by atoms with E-state index in [9.17, 15) is 0 Å². The van der Waals surface area contributed by atoms with E-state index in [1.54, 1.807) is 0 Å². The smallest absolute Gasteiger partial charge is 0.163 e. The number of hydrogen-bond acceptors (Lipinski definition) is 4. The predicted molar refractivity (Wildman–Crippen MR) is 112 cm³/mol. The lowest BCUT2D eigenvalue weighted by Gasteiger charge is -2.28. The minimum Gasteiger partial charge on any atom is -0.367 e. The van der Waals surface area contributed by atoms with Crippen LogP contribution >= 0.6 is 0 Å². The molecule has 0 aliphatic heterocycles. The molecular weight excluding hydrogens is 332 g/mol. The van der Waals surface area contributed by atoms with Gasteiger partial charge in [0.15, 0.2) is 5.82 Å². The summed E-state index contributed by atoms with van der Waals surface area (Å²) >= 11 is 0. The van der Waals surface area contributed by atoms with Gasteiger partial charge in [0, 0.05) is 30.3 Å². The first kappa shape index (κ1) is 17.5. The van der Waals surface area contributed by atoms with Gasteiger partial charge in [0.25, 0.3) is 0 Å². The summed E-state index contributed by atoms with van der Waals surface area (Å²) in [4.78, 5) is 12.0. The topological polar surface area (TPSA) is 41.0 Å². The van der Waals surface area contributed by atoms with Crippen molar-refractivity contribution in [2.24, 2.45) is 0 Å². The van der Waals surface area contributed by atoms with Gasteiger partial charge in [-0.2, -0.15) is 0 Å². The highest BCUT2D eigenvalue weighted by Crippen LogP contribution is 2.29. The van der Waals surface area contributed by atoms with Crippen LogP contribution in [0.3, 0.4) is 0 Å². The molecule has 1 heterocycles. The number of rotatable bonds is 7. The van der Waals surface area contributed by atoms with Crippen LogP contribution in [0.2, 0.25) is 0 Å². The van der Waals surface area contributed by atoms with Gasteiger partial charge < -0.3 is 10.2 Å². The molecule has 0 amide bonds. The number of aromatic nitrogens is 2. The van der Waals surface area contributed by atoms with Gasteiger partial charge in [-0.1, -0.05) is 60.7 Å². The van der Waals surface area contributed by atoms with Gasteiger partial charge in [-0.15, -0.1) is 0 Å². The molecule has 1 N–H and O–H groups in total. The van der Waals surface area contributed by atoms with Crippen LogP contribution in [0.4, 0.5) is 11.6 Å². The zero-order valence-electron chi connectivity index (χ0n) is 16.0. The van der Waals surface area contributed by atoms with Crippen LogP contribution in [0, 0.1) is 0 Å². The second-order valence-corrected chi connectivity index (χ2v) is 7.43. The first-order valence-electron chi connectivity index (χ1n) is 9.70. The Bertz CT molecular complexity index is 873. The van der Waals surface area contributed by atoms with E-state index >= 15 is 0 Å². The molecule has 1 aromatic heterocycles. The van der Waals surface area contributed by atoms with Crippen molar-refractivity contribution < 1.29 is 0 Å². The summed E-state index contributed by atoms with van der Waals surface area (Å²) in [6, 6.07) is 23.7. The molecule has 27 heavy (non-hydrogen) atoms. The number of nitrogens with zero attached hydrogens (tertiary/aromatic N) is 3. The molecule has 4 heteroatoms. The van der Waals surface area contributed by atoms with Crippen LogP contribution in [0.15, 0.2) is 66.7 Å². The quantitative estimate of drug-likeness (QED) is 0.635. The van der Waals surface area contributed by atoms with E-state index in [4.69, 9.17) is 9.97 Å². The summed E-state index contributed by atoms with van der Waals surface area (Å²) < 4.78 is 0. The summed E-state index contributed by atoms with van der Waals surface area (Å²) in [5, 5.41) is 3.55. The Kier molecular flexibility index (Phi) is 5.05. The number of benzene rings is 2. The van der Waals surface area contributed by atoms with Crippen molar-refractivity contribution in [2.45, 2.75) is 45.3 Å². The summed E-state index contributed by atoms with van der Waals surface area (Å²) in [5.41, 5.74) is 2.32. The zero-order chi connectivity index (χ0) is 18.6. The Labute approximate surface area is 161 Å². The minimum absolute atomic E-state index is 0.331. The Morgan fingerprint density at radius 1 is 0.963 bits per heavy atom. The predicted octanol–water partition coefficient (Wildman–Crippen LogP) is 5.13. The highest BCUT2D eigenvalue weighted by Gasteiger charge is 2.23. The van der Waals surface area contributed by atoms with E-state index in [1.165, 1.54) is 18.4 Å². The maximum absolute atomic E-state index is 4.92. The average Bonchev–Trinajstić information content (AvgIpc) is 3.51. The molecule has 0 atom stereocenters. The summed E-state index contributed by atoms with van der Waals surface area (Å²) in [6.45, 7) is 5.25. The fourth-order valence-electron chi connectivity index (χ4n) is 3.12. The number of anilines is 2. The minimum atomic E-state index is 0.331. The first-order valence-corrected chi connectivity index (χ1v) is 9.70. The molecule has 0 bridgehead atoms. The molecule has 0 unspecified atom stereocenters. The van der Waals surface area contributed by atoms with Gasteiger partial charge in [-0.05, 0) is 32.3 Å². The lowest BCUT2D eigenvalue weighted by molar-refractivity contribution is 0.672. The van der Waals surface area contributed by atoms with Crippen molar-refractivity contribution in [1.29, 1.82) is 0 Å². The third-order valence-electron chi connectivity index (χ3n) is 4.79. The number of nitrogens with one attached hydrogen (secondary N) is 1. The van der Waals surface area contributed by atoms with Crippen molar-refractivity contribution in [1.82, 2.24) is 9.97 Å². The Balaban J connectivity index is 1.72. The second kappa shape index (κ2) is 7.78. The van der Waals surface area contributed by atoms with Crippen LogP contribution in [0.5, 0.6) is 0 Å². The first-order chi connectivity index (χ1) is 13.2. The van der Waals surface area contributed by atoms with Gasteiger partial charge in [-0.25, -0.2) is 9.97 Å². The molecule has 0 saturated heterocycles. The Hall–Kier alpha value is -2.88. The van der Waals surface area contributed by atoms with E-state index in [1.807, 2.05) is 18.2 Å². The Morgan fingerprint density at radius 3 is 2.26 bits per heavy atom. The van der Waals surface area contributed by atoms with E-state index < -0.39 is 0 Å². The SMILES string of the molecule is CC(C)N(Cc1ccccc1)c1cc(NC2CC2)nc(-c2ccccc2)n1. The number of hydrogen-bond donors (Lipinski definition) is 1. The molecule has 4 rings (SSSR count). The monoisotopic (exact) mass is 358 g/mol. The molecule has 138 valence electrons. The van der Waals surface area contributed by atoms with Crippen molar-refractivity contribution in [3.8, 4) is 11.4 Å². The molecule has 2 aromatic carbocycles. The fourth-order valence-corrected chi connectivity index (χ4v) is 3.12. The third kappa shape index (κ3) is 4.45. The summed E-state index contributed by atoms with van der Waals surface area (Å²) in [6.07, 6.45) is 2.44. The molecule has 1 fully saturated rings. The van der Waals surface area contributed by atoms with Crippen molar-refractivity contribution in [2.75, 3.05) is 10.2 Å². The fraction of sp³-hybridized carbons (Fsp3) is 0.304. The molecule has 0 spiro atoms. The van der Waals surface area contributed by atoms with Crippen LogP contribution in [0.1, 0.15) is 32.3 Å². The van der Waals surface area contributed by atoms with Gasteiger partial charge in [0.2, 0.25) is 0 Å². The van der Waals surface area contributed by atoms with Crippen LogP contribution < -0.4 is 10.2 Å². The highest BCUT2D eigenvalue weighted by atomic mass is 15.2. The lowest BCUT2D eigenvalue weighted by atomic mass is 10.2. The third-order valence-corrected chi connectivity index (χ3v) is 4.79. The molecule has 1 saturated carbocycles. The molecule has 1 aliphatic carbocycles. The van der Waals surface area contributed by atoms with E-state index in [-0.39, 0.29) is 0 Å². The van der Waals surface area contributed by atoms with Crippen molar-refractivity contribution in [3.63, 3.8) is 0 Å². The maximum Gasteiger partial charge on any atom is 0.163 e. The van der Waals surface area contributed by atoms with Crippen LogP contribution in [-0.4, -0.2) is 22.1 Å². The van der Waals surface area contributed by atoms with Crippen LogP contribution in [-0.2, 0) is 6.54 Å². The average molecular weight is 358 g/mol. The van der Waals surface area contributed by atoms with E-state index in [0.717, 1.165) is 29.6 Å². The molecule has 1 aliphatic rings. The molecule has 4 nitrogen and oxygen atoms in total. The van der Waals surface area contributed by atoms with E-state index in [0.29, 0.717) is 12.1 Å². The van der Waals surface area contributed by atoms with Crippen LogP contribution in [0.25, 0.3) is 11.4 Å². The lowest BCUT2D eigenvalue weighted by Crippen LogP contribution is -2.31. The molecular formula is C23H26N4. The van der Waals surface area contributed by atoms with Crippen molar-refractivity contribution >= 4 is 11.6 Å². The normalized spacial score (nSPS) is 13.6. The zero-order valence-corrected chi connectivity index (χ0v) is 16.0. The largest absolute Gasteiger partial charge is 0.367 e. The maximum atomic E-state index is 4.92. The highest BCUT2D eigenvalue weighted by molar-refractivity contribution is 5.62.